The Balaban J connectivity index is 2.01. The number of aromatic carboxylic acids is 1. The molecule has 1 N–H and O–H groups in total. The summed E-state index contributed by atoms with van der Waals surface area (Å²) in [6, 6.07) is 28.8. The van der Waals surface area contributed by atoms with Crippen LogP contribution in [-0.2, 0) is 12.8 Å². The van der Waals surface area contributed by atoms with Gasteiger partial charge in [-0.2, -0.15) is 0 Å². The van der Waals surface area contributed by atoms with Crippen molar-refractivity contribution in [3.05, 3.63) is 118 Å². The number of hydrogen-bond donors (Lipinski definition) is 1. The molecule has 0 bridgehead atoms. The van der Waals surface area contributed by atoms with E-state index in [1.54, 1.807) is 0 Å². The summed E-state index contributed by atoms with van der Waals surface area (Å²) in [5, 5.41) is 12.3. The Hall–Kier alpha value is -3.39. The van der Waals surface area contributed by atoms with E-state index < -0.39 is 5.97 Å². The van der Waals surface area contributed by atoms with E-state index in [-0.39, 0.29) is 5.92 Å². The van der Waals surface area contributed by atoms with E-state index in [0.717, 1.165) is 33.9 Å². The molecule has 0 radical (unpaired) electrons. The van der Waals surface area contributed by atoms with Gasteiger partial charge in [-0.25, -0.2) is 4.79 Å². The van der Waals surface area contributed by atoms with Gasteiger partial charge in [0.25, 0.3) is 0 Å². The SMILES string of the molecule is CC(C)c1cc(C(=O)O)c(Cc2ccccc2)c2c(Cc3ccccc3)cccc12. The van der Waals surface area contributed by atoms with Crippen LogP contribution < -0.4 is 0 Å². The molecule has 0 amide bonds. The van der Waals surface area contributed by atoms with E-state index in [1.807, 2.05) is 42.5 Å². The zero-order valence-electron chi connectivity index (χ0n) is 17.4. The van der Waals surface area contributed by atoms with Crippen LogP contribution >= 0.6 is 0 Å². The first kappa shape index (κ1) is 19.9. The zero-order chi connectivity index (χ0) is 21.1. The Labute approximate surface area is 177 Å². The topological polar surface area (TPSA) is 37.3 Å². The molecule has 2 heteroatoms. The van der Waals surface area contributed by atoms with Crippen LogP contribution in [0, 0.1) is 0 Å². The lowest BCUT2D eigenvalue weighted by molar-refractivity contribution is 0.0696. The maximum Gasteiger partial charge on any atom is 0.336 e. The number of carbonyl (C=O) groups is 1. The van der Waals surface area contributed by atoms with Crippen LogP contribution in [0.1, 0.15) is 57.9 Å². The van der Waals surface area contributed by atoms with Crippen molar-refractivity contribution in [1.82, 2.24) is 0 Å². The Kier molecular flexibility index (Phi) is 5.67. The molecule has 0 heterocycles. The minimum atomic E-state index is -0.862. The molecule has 0 spiro atoms. The lowest BCUT2D eigenvalue weighted by Gasteiger charge is -2.20. The van der Waals surface area contributed by atoms with Gasteiger partial charge < -0.3 is 5.11 Å². The van der Waals surface area contributed by atoms with Gasteiger partial charge in [-0.1, -0.05) is 92.7 Å². The molecule has 0 saturated carbocycles. The van der Waals surface area contributed by atoms with E-state index in [9.17, 15) is 9.90 Å². The molecule has 4 aromatic rings. The van der Waals surface area contributed by atoms with Crippen LogP contribution in [-0.4, -0.2) is 11.1 Å². The molecule has 0 fully saturated rings. The molecule has 0 aliphatic heterocycles. The maximum atomic E-state index is 12.3. The van der Waals surface area contributed by atoms with Crippen molar-refractivity contribution in [2.75, 3.05) is 0 Å². The first-order valence-electron chi connectivity index (χ1n) is 10.4. The Morgan fingerprint density at radius 1 is 0.800 bits per heavy atom. The van der Waals surface area contributed by atoms with Gasteiger partial charge in [0.05, 0.1) is 5.56 Å². The first-order valence-corrected chi connectivity index (χ1v) is 10.4. The van der Waals surface area contributed by atoms with Crippen molar-refractivity contribution >= 4 is 16.7 Å². The molecular weight excluding hydrogens is 368 g/mol. The molecule has 0 aliphatic carbocycles. The van der Waals surface area contributed by atoms with Gasteiger partial charge in [-0.15, -0.1) is 0 Å². The molecule has 4 rings (SSSR count). The van der Waals surface area contributed by atoms with Crippen LogP contribution in [0.5, 0.6) is 0 Å². The highest BCUT2D eigenvalue weighted by atomic mass is 16.4. The molecule has 0 unspecified atom stereocenters. The Morgan fingerprint density at radius 3 is 1.97 bits per heavy atom. The molecule has 0 atom stereocenters. The lowest BCUT2D eigenvalue weighted by Crippen LogP contribution is -2.08. The fourth-order valence-corrected chi connectivity index (χ4v) is 4.27. The molecule has 4 aromatic carbocycles. The second-order valence-corrected chi connectivity index (χ2v) is 8.12. The fourth-order valence-electron chi connectivity index (χ4n) is 4.27. The third kappa shape index (κ3) is 3.99. The molecule has 150 valence electrons. The number of benzene rings is 4. The molecule has 0 aliphatic rings. The van der Waals surface area contributed by atoms with Gasteiger partial charge >= 0.3 is 5.97 Å². The summed E-state index contributed by atoms with van der Waals surface area (Å²) in [4.78, 5) is 12.3. The van der Waals surface area contributed by atoms with Gasteiger partial charge in [-0.05, 0) is 63.4 Å². The van der Waals surface area contributed by atoms with Crippen molar-refractivity contribution < 1.29 is 9.90 Å². The van der Waals surface area contributed by atoms with Gasteiger partial charge in [-0.3, -0.25) is 0 Å². The first-order chi connectivity index (χ1) is 14.5. The predicted octanol–water partition coefficient (Wildman–Crippen LogP) is 6.84. The van der Waals surface area contributed by atoms with E-state index >= 15 is 0 Å². The lowest BCUT2D eigenvalue weighted by atomic mass is 9.84. The zero-order valence-corrected chi connectivity index (χ0v) is 17.4. The third-order valence-corrected chi connectivity index (χ3v) is 5.70. The van der Waals surface area contributed by atoms with Gasteiger partial charge in [0.1, 0.15) is 0 Å². The molecule has 0 aromatic heterocycles. The highest BCUT2D eigenvalue weighted by molar-refractivity contribution is 6.01. The van der Waals surface area contributed by atoms with Crippen LogP contribution in [0.3, 0.4) is 0 Å². The largest absolute Gasteiger partial charge is 0.478 e. The second kappa shape index (κ2) is 8.54. The fraction of sp³-hybridized carbons (Fsp3) is 0.179. The van der Waals surface area contributed by atoms with Crippen molar-refractivity contribution in [3.8, 4) is 0 Å². The van der Waals surface area contributed by atoms with Crippen LogP contribution in [0.25, 0.3) is 10.8 Å². The number of carboxylic acid groups (broad SMARTS) is 1. The summed E-state index contributed by atoms with van der Waals surface area (Å²) in [5.74, 6) is -0.623. The smallest absolute Gasteiger partial charge is 0.336 e. The maximum absolute atomic E-state index is 12.3. The van der Waals surface area contributed by atoms with E-state index in [4.69, 9.17) is 0 Å². The molecule has 2 nitrogen and oxygen atoms in total. The van der Waals surface area contributed by atoms with Crippen molar-refractivity contribution in [2.24, 2.45) is 0 Å². The predicted molar refractivity (Wildman–Crippen MR) is 123 cm³/mol. The normalized spacial score (nSPS) is 11.2. The van der Waals surface area contributed by atoms with Crippen molar-refractivity contribution in [2.45, 2.75) is 32.6 Å². The standard InChI is InChI=1S/C28H26O2/c1-19(2)24-18-26(28(29)30)25(17-21-12-7-4-8-13-21)27-22(14-9-15-23(24)27)16-20-10-5-3-6-11-20/h3-15,18-19H,16-17H2,1-2H3,(H,29,30). The Bertz CT molecular complexity index is 1180. The summed E-state index contributed by atoms with van der Waals surface area (Å²) >= 11 is 0. The molecule has 30 heavy (non-hydrogen) atoms. The van der Waals surface area contributed by atoms with Crippen LogP contribution in [0.4, 0.5) is 0 Å². The monoisotopic (exact) mass is 394 g/mol. The van der Waals surface area contributed by atoms with E-state index in [1.165, 1.54) is 11.1 Å². The third-order valence-electron chi connectivity index (χ3n) is 5.70. The number of fused-ring (bicyclic) bond motifs is 1. The van der Waals surface area contributed by atoms with E-state index in [0.29, 0.717) is 12.0 Å². The minimum absolute atomic E-state index is 0.239. The highest BCUT2D eigenvalue weighted by Gasteiger charge is 2.20. The van der Waals surface area contributed by atoms with Crippen LogP contribution in [0.15, 0.2) is 84.9 Å². The van der Waals surface area contributed by atoms with E-state index in [2.05, 4.69) is 56.3 Å². The average Bonchev–Trinajstić information content (AvgIpc) is 2.75. The summed E-state index contributed by atoms with van der Waals surface area (Å²) in [6.45, 7) is 4.25. The summed E-state index contributed by atoms with van der Waals surface area (Å²) in [5.41, 5.74) is 5.93. The summed E-state index contributed by atoms with van der Waals surface area (Å²) in [7, 11) is 0. The summed E-state index contributed by atoms with van der Waals surface area (Å²) < 4.78 is 0. The van der Waals surface area contributed by atoms with Gasteiger partial charge in [0.2, 0.25) is 0 Å². The number of carboxylic acids is 1. The summed E-state index contributed by atoms with van der Waals surface area (Å²) in [6.07, 6.45) is 1.38. The van der Waals surface area contributed by atoms with Crippen LogP contribution in [0.2, 0.25) is 0 Å². The number of rotatable bonds is 6. The minimum Gasteiger partial charge on any atom is -0.478 e. The molecule has 0 saturated heterocycles. The van der Waals surface area contributed by atoms with Crippen molar-refractivity contribution in [3.63, 3.8) is 0 Å². The average molecular weight is 395 g/mol. The van der Waals surface area contributed by atoms with Crippen molar-refractivity contribution in [1.29, 1.82) is 0 Å². The number of hydrogen-bond acceptors (Lipinski definition) is 1. The second-order valence-electron chi connectivity index (χ2n) is 8.12. The van der Waals surface area contributed by atoms with Gasteiger partial charge in [0.15, 0.2) is 0 Å². The van der Waals surface area contributed by atoms with Gasteiger partial charge in [0, 0.05) is 0 Å². The Morgan fingerprint density at radius 2 is 1.40 bits per heavy atom. The quantitative estimate of drug-likeness (QED) is 0.388. The molecular formula is C28H26O2. The highest BCUT2D eigenvalue weighted by Crippen LogP contribution is 2.35.